The Bertz CT molecular complexity index is 1220. The summed E-state index contributed by atoms with van der Waals surface area (Å²) in [5, 5.41) is 12.1. The summed E-state index contributed by atoms with van der Waals surface area (Å²) in [4.78, 5) is 30.8. The highest BCUT2D eigenvalue weighted by atomic mass is 16.5. The average molecular weight is 424 g/mol. The average Bonchev–Trinajstić information content (AvgIpc) is 3.25. The Morgan fingerprint density at radius 1 is 1.32 bits per heavy atom. The largest absolute Gasteiger partial charge is 0.379 e. The summed E-state index contributed by atoms with van der Waals surface area (Å²) < 4.78 is 8.77. The maximum Gasteiger partial charge on any atom is 0.267 e. The molecule has 8 nitrogen and oxygen atoms in total. The molecule has 3 heterocycles. The third kappa shape index (κ3) is 4.39. The number of ether oxygens (including phenoxy) is 1. The van der Waals surface area contributed by atoms with Gasteiger partial charge in [-0.1, -0.05) is 18.9 Å². The lowest BCUT2D eigenvalue weighted by Gasteiger charge is -2.17. The number of pyridine rings is 2. The van der Waals surface area contributed by atoms with Crippen molar-refractivity contribution in [3.8, 4) is 0 Å². The van der Waals surface area contributed by atoms with E-state index in [1.54, 1.807) is 22.9 Å². The van der Waals surface area contributed by atoms with E-state index in [4.69, 9.17) is 10.1 Å². The third-order valence-electron chi connectivity index (χ3n) is 5.73. The Morgan fingerprint density at radius 2 is 2.10 bits per heavy atom. The number of nitrogens with zero attached hydrogens (tertiary/aromatic N) is 3. The van der Waals surface area contributed by atoms with Crippen LogP contribution in [0.15, 0.2) is 35.3 Å². The number of aromatic nitrogens is 3. The fourth-order valence-electron chi connectivity index (χ4n) is 4.15. The van der Waals surface area contributed by atoms with Crippen molar-refractivity contribution in [3.05, 3.63) is 51.9 Å². The van der Waals surface area contributed by atoms with Crippen molar-refractivity contribution in [2.75, 3.05) is 6.61 Å². The molecule has 0 radical (unpaired) electrons. The van der Waals surface area contributed by atoms with E-state index in [0.717, 1.165) is 25.7 Å². The first-order valence-corrected chi connectivity index (χ1v) is 11.0. The van der Waals surface area contributed by atoms with E-state index >= 15 is 0 Å². The summed E-state index contributed by atoms with van der Waals surface area (Å²) >= 11 is 0. The zero-order valence-corrected chi connectivity index (χ0v) is 18.1. The fourth-order valence-corrected chi connectivity index (χ4v) is 4.15. The van der Waals surface area contributed by atoms with Crippen molar-refractivity contribution in [3.63, 3.8) is 0 Å². The summed E-state index contributed by atoms with van der Waals surface area (Å²) in [5.41, 5.74) is 0.958. The molecular weight excluding hydrogens is 394 g/mol. The molecule has 3 aromatic heterocycles. The number of rotatable bonds is 7. The van der Waals surface area contributed by atoms with Crippen molar-refractivity contribution in [1.29, 1.82) is 5.41 Å². The second-order valence-corrected chi connectivity index (χ2v) is 8.37. The smallest absolute Gasteiger partial charge is 0.267 e. The van der Waals surface area contributed by atoms with Gasteiger partial charge in [0.25, 0.3) is 11.5 Å². The van der Waals surface area contributed by atoms with E-state index in [1.165, 1.54) is 10.5 Å². The highest BCUT2D eigenvalue weighted by Gasteiger charge is 2.21. The Morgan fingerprint density at radius 3 is 2.84 bits per heavy atom. The minimum atomic E-state index is -0.302. The van der Waals surface area contributed by atoms with Crippen LogP contribution in [0.2, 0.25) is 0 Å². The standard InChI is InChI=1S/C23H29N5O3/c1-15(2)31-13-7-12-28-20(24)17(22(29)25-16-8-3-4-9-16)14-18-21(28)26-19-10-5-6-11-27(19)23(18)30/h5-6,10-11,14-16,24H,3-4,7-9,12-13H2,1-2H3,(H,25,29). The lowest BCUT2D eigenvalue weighted by atomic mass is 10.1. The molecule has 31 heavy (non-hydrogen) atoms. The molecule has 0 atom stereocenters. The number of hydrogen-bond acceptors (Lipinski definition) is 5. The summed E-state index contributed by atoms with van der Waals surface area (Å²) in [6.07, 6.45) is 6.53. The molecule has 1 amide bonds. The van der Waals surface area contributed by atoms with Crippen LogP contribution in [0.25, 0.3) is 16.7 Å². The predicted molar refractivity (Wildman–Crippen MR) is 118 cm³/mol. The molecule has 1 saturated carbocycles. The van der Waals surface area contributed by atoms with E-state index in [0.29, 0.717) is 36.3 Å². The Kier molecular flexibility index (Phi) is 6.18. The highest BCUT2D eigenvalue weighted by Crippen LogP contribution is 2.18. The lowest BCUT2D eigenvalue weighted by molar-refractivity contribution is 0.0748. The number of nitrogens with one attached hydrogen (secondary N) is 2. The van der Waals surface area contributed by atoms with E-state index in [1.807, 2.05) is 19.9 Å². The van der Waals surface area contributed by atoms with Crippen molar-refractivity contribution in [2.24, 2.45) is 0 Å². The van der Waals surface area contributed by atoms with Crippen molar-refractivity contribution < 1.29 is 9.53 Å². The first-order valence-electron chi connectivity index (χ1n) is 11.0. The maximum atomic E-state index is 13.2. The second-order valence-electron chi connectivity index (χ2n) is 8.37. The molecule has 4 rings (SSSR count). The van der Waals surface area contributed by atoms with Gasteiger partial charge in [0.15, 0.2) is 0 Å². The molecule has 2 N–H and O–H groups in total. The SMILES string of the molecule is CC(C)OCCCn1c(=N)c(C(=O)NC2CCCC2)cc2c(=O)n3ccccc3nc21. The van der Waals surface area contributed by atoms with Gasteiger partial charge in [-0.3, -0.25) is 19.4 Å². The van der Waals surface area contributed by atoms with Crippen LogP contribution in [0.1, 0.15) is 56.3 Å². The molecule has 164 valence electrons. The summed E-state index contributed by atoms with van der Waals surface area (Å²) in [6, 6.07) is 7.01. The van der Waals surface area contributed by atoms with E-state index < -0.39 is 0 Å². The van der Waals surface area contributed by atoms with Crippen LogP contribution in [-0.2, 0) is 11.3 Å². The van der Waals surface area contributed by atoms with Gasteiger partial charge in [-0.2, -0.15) is 0 Å². The van der Waals surface area contributed by atoms with Crippen LogP contribution < -0.4 is 16.4 Å². The molecule has 0 saturated heterocycles. The van der Waals surface area contributed by atoms with Crippen LogP contribution in [0.4, 0.5) is 0 Å². The molecule has 0 spiro atoms. The Labute approximate surface area is 180 Å². The van der Waals surface area contributed by atoms with E-state index in [2.05, 4.69) is 10.3 Å². The molecule has 8 heteroatoms. The van der Waals surface area contributed by atoms with Gasteiger partial charge >= 0.3 is 0 Å². The number of carbonyl (C=O) groups is 1. The molecule has 3 aromatic rings. The molecule has 1 aliphatic carbocycles. The van der Waals surface area contributed by atoms with E-state index in [-0.39, 0.29) is 34.7 Å². The van der Waals surface area contributed by atoms with Crippen LogP contribution in [-0.4, -0.2) is 38.6 Å². The van der Waals surface area contributed by atoms with Crippen molar-refractivity contribution >= 4 is 22.6 Å². The fraction of sp³-hybridized carbons (Fsp3) is 0.478. The lowest BCUT2D eigenvalue weighted by Crippen LogP contribution is -2.38. The predicted octanol–water partition coefficient (Wildman–Crippen LogP) is 2.62. The zero-order valence-electron chi connectivity index (χ0n) is 18.1. The second kappa shape index (κ2) is 9.01. The number of aryl methyl sites for hydroxylation is 1. The Hall–Kier alpha value is -3.00. The van der Waals surface area contributed by atoms with Gasteiger partial charge in [-0.15, -0.1) is 0 Å². The molecule has 0 aromatic carbocycles. The quantitative estimate of drug-likeness (QED) is 0.450. The normalized spacial score (nSPS) is 14.7. The van der Waals surface area contributed by atoms with Crippen molar-refractivity contribution in [1.82, 2.24) is 19.3 Å². The minimum Gasteiger partial charge on any atom is -0.379 e. The number of hydrogen-bond donors (Lipinski definition) is 2. The summed E-state index contributed by atoms with van der Waals surface area (Å²) in [5.74, 6) is -0.302. The first-order chi connectivity index (χ1) is 15.0. The number of carbonyl (C=O) groups excluding carboxylic acids is 1. The van der Waals surface area contributed by atoms with Gasteiger partial charge in [0.1, 0.15) is 16.8 Å². The number of amides is 1. The minimum absolute atomic E-state index is 0.0692. The van der Waals surface area contributed by atoms with Crippen LogP contribution in [0, 0.1) is 5.41 Å². The molecule has 0 bridgehead atoms. The third-order valence-corrected chi connectivity index (χ3v) is 5.73. The van der Waals surface area contributed by atoms with Crippen LogP contribution >= 0.6 is 0 Å². The first kappa shape index (κ1) is 21.2. The monoisotopic (exact) mass is 423 g/mol. The zero-order chi connectivity index (χ0) is 22.0. The van der Waals surface area contributed by atoms with Gasteiger partial charge in [0, 0.05) is 25.4 Å². The van der Waals surface area contributed by atoms with Gasteiger partial charge < -0.3 is 14.6 Å². The maximum absolute atomic E-state index is 13.2. The Balaban J connectivity index is 1.81. The van der Waals surface area contributed by atoms with Gasteiger partial charge in [-0.05, 0) is 51.3 Å². The topological polar surface area (TPSA) is 101 Å². The van der Waals surface area contributed by atoms with Gasteiger partial charge in [0.05, 0.1) is 17.1 Å². The summed E-state index contributed by atoms with van der Waals surface area (Å²) in [6.45, 7) is 4.90. The molecular formula is C23H29N5O3. The highest BCUT2D eigenvalue weighted by molar-refractivity contribution is 5.97. The number of fused-ring (bicyclic) bond motifs is 2. The van der Waals surface area contributed by atoms with Crippen LogP contribution in [0.5, 0.6) is 0 Å². The van der Waals surface area contributed by atoms with Crippen LogP contribution in [0.3, 0.4) is 0 Å². The molecule has 1 aliphatic rings. The molecule has 0 unspecified atom stereocenters. The molecule has 1 fully saturated rings. The summed E-state index contributed by atoms with van der Waals surface area (Å²) in [7, 11) is 0. The molecule has 0 aliphatic heterocycles. The van der Waals surface area contributed by atoms with Gasteiger partial charge in [0.2, 0.25) is 0 Å². The van der Waals surface area contributed by atoms with E-state index in [9.17, 15) is 9.59 Å². The van der Waals surface area contributed by atoms with Gasteiger partial charge in [-0.25, -0.2) is 4.98 Å². The van der Waals surface area contributed by atoms with Crippen molar-refractivity contribution in [2.45, 2.75) is 64.6 Å².